The first-order valence-corrected chi connectivity index (χ1v) is 7.28. The molecule has 2 aromatic heterocycles. The fourth-order valence-corrected chi connectivity index (χ4v) is 2.63. The van der Waals surface area contributed by atoms with Crippen molar-refractivity contribution in [3.05, 3.63) is 63.2 Å². The zero-order chi connectivity index (χ0) is 14.1. The minimum Gasteiger partial charge on any atom is -0.292 e. The van der Waals surface area contributed by atoms with Crippen LogP contribution in [-0.4, -0.2) is 14.1 Å². The van der Waals surface area contributed by atoms with Gasteiger partial charge in [-0.05, 0) is 47.1 Å². The summed E-state index contributed by atoms with van der Waals surface area (Å²) >= 11 is 3.37. The van der Waals surface area contributed by atoms with Crippen molar-refractivity contribution in [2.24, 2.45) is 0 Å². The summed E-state index contributed by atoms with van der Waals surface area (Å²) in [6.45, 7) is 3.13. The Balaban J connectivity index is 2.14. The van der Waals surface area contributed by atoms with Gasteiger partial charge in [-0.2, -0.15) is 0 Å². The third kappa shape index (κ3) is 2.18. The fourth-order valence-electron chi connectivity index (χ4n) is 2.39. The van der Waals surface area contributed by atoms with E-state index >= 15 is 0 Å². The number of imidazole rings is 1. The molecule has 4 nitrogen and oxygen atoms in total. The number of pyridine rings is 1. The molecule has 0 radical (unpaired) electrons. The minimum absolute atomic E-state index is 0.0124. The van der Waals surface area contributed by atoms with E-state index in [0.717, 1.165) is 21.2 Å². The smallest absolute Gasteiger partial charge is 0.292 e. The van der Waals surface area contributed by atoms with Gasteiger partial charge in [0.05, 0.1) is 23.3 Å². The molecular weight excluding hydrogens is 318 g/mol. The number of nitrogens with zero attached hydrogens (tertiary/aromatic N) is 3. The number of aryl methyl sites for hydroxylation is 1. The highest BCUT2D eigenvalue weighted by molar-refractivity contribution is 9.10. The molecule has 0 amide bonds. The van der Waals surface area contributed by atoms with Crippen molar-refractivity contribution in [2.75, 3.05) is 0 Å². The van der Waals surface area contributed by atoms with Crippen LogP contribution in [0, 0.1) is 0 Å². The van der Waals surface area contributed by atoms with Crippen molar-refractivity contribution in [2.45, 2.75) is 20.0 Å². The zero-order valence-electron chi connectivity index (χ0n) is 11.1. The highest BCUT2D eigenvalue weighted by Gasteiger charge is 2.11. The van der Waals surface area contributed by atoms with Gasteiger partial charge >= 0.3 is 5.69 Å². The molecular formula is C15H14BrN3O. The van der Waals surface area contributed by atoms with E-state index in [1.807, 2.05) is 43.3 Å². The maximum atomic E-state index is 12.5. The summed E-state index contributed by atoms with van der Waals surface area (Å²) in [6, 6.07) is 11.7. The molecule has 0 saturated heterocycles. The van der Waals surface area contributed by atoms with E-state index in [0.29, 0.717) is 13.1 Å². The molecule has 0 aliphatic carbocycles. The van der Waals surface area contributed by atoms with E-state index in [9.17, 15) is 4.79 Å². The van der Waals surface area contributed by atoms with E-state index < -0.39 is 0 Å². The lowest BCUT2D eigenvalue weighted by molar-refractivity contribution is 0.677. The number of para-hydroxylation sites is 2. The van der Waals surface area contributed by atoms with Crippen molar-refractivity contribution in [3.63, 3.8) is 0 Å². The summed E-state index contributed by atoms with van der Waals surface area (Å²) in [7, 11) is 0. The number of benzene rings is 1. The number of fused-ring (bicyclic) bond motifs is 1. The fraction of sp³-hybridized carbons (Fsp3) is 0.200. The number of aromatic nitrogens is 3. The Labute approximate surface area is 124 Å². The van der Waals surface area contributed by atoms with Crippen LogP contribution in [0.1, 0.15) is 12.6 Å². The molecule has 0 bridgehead atoms. The lowest BCUT2D eigenvalue weighted by Crippen LogP contribution is -2.24. The Morgan fingerprint density at radius 1 is 1.10 bits per heavy atom. The largest absolute Gasteiger partial charge is 0.329 e. The second kappa shape index (κ2) is 5.25. The van der Waals surface area contributed by atoms with Crippen molar-refractivity contribution >= 4 is 27.0 Å². The zero-order valence-corrected chi connectivity index (χ0v) is 12.7. The Kier molecular flexibility index (Phi) is 3.44. The Hall–Kier alpha value is -1.88. The first-order chi connectivity index (χ1) is 9.70. The predicted molar refractivity (Wildman–Crippen MR) is 82.9 cm³/mol. The van der Waals surface area contributed by atoms with Gasteiger partial charge in [0.2, 0.25) is 0 Å². The first kappa shape index (κ1) is 13.1. The molecule has 0 aliphatic heterocycles. The second-order valence-electron chi connectivity index (χ2n) is 4.57. The number of rotatable bonds is 3. The minimum atomic E-state index is 0.0124. The predicted octanol–water partition coefficient (Wildman–Crippen LogP) is 3.03. The molecule has 1 aromatic carbocycles. The van der Waals surface area contributed by atoms with Crippen LogP contribution in [0.2, 0.25) is 0 Å². The quantitative estimate of drug-likeness (QED) is 0.740. The number of halogens is 1. The van der Waals surface area contributed by atoms with Crippen LogP contribution in [0.5, 0.6) is 0 Å². The van der Waals surface area contributed by atoms with Crippen molar-refractivity contribution in [3.8, 4) is 0 Å². The average Bonchev–Trinajstić information content (AvgIpc) is 2.74. The first-order valence-electron chi connectivity index (χ1n) is 6.49. The highest BCUT2D eigenvalue weighted by Crippen LogP contribution is 2.14. The molecule has 3 rings (SSSR count). The molecule has 0 saturated carbocycles. The molecule has 0 unspecified atom stereocenters. The molecule has 0 fully saturated rings. The summed E-state index contributed by atoms with van der Waals surface area (Å²) in [5.41, 5.74) is 2.80. The van der Waals surface area contributed by atoms with Gasteiger partial charge < -0.3 is 0 Å². The molecule has 0 spiro atoms. The van der Waals surface area contributed by atoms with Crippen molar-refractivity contribution < 1.29 is 0 Å². The van der Waals surface area contributed by atoms with Gasteiger partial charge in [0.15, 0.2) is 0 Å². The molecule has 0 aliphatic rings. The maximum Gasteiger partial charge on any atom is 0.329 e. The molecule has 20 heavy (non-hydrogen) atoms. The lowest BCUT2D eigenvalue weighted by Gasteiger charge is -2.02. The third-order valence-corrected chi connectivity index (χ3v) is 3.82. The van der Waals surface area contributed by atoms with Gasteiger partial charge in [-0.1, -0.05) is 12.1 Å². The Bertz CT molecular complexity index is 802. The summed E-state index contributed by atoms with van der Waals surface area (Å²) in [5, 5.41) is 0. The molecule has 2 heterocycles. The van der Waals surface area contributed by atoms with Crippen LogP contribution in [0.4, 0.5) is 0 Å². The van der Waals surface area contributed by atoms with Crippen molar-refractivity contribution in [1.29, 1.82) is 0 Å². The van der Waals surface area contributed by atoms with Crippen LogP contribution >= 0.6 is 15.9 Å². The topological polar surface area (TPSA) is 39.8 Å². The van der Waals surface area contributed by atoms with E-state index in [1.54, 1.807) is 15.3 Å². The van der Waals surface area contributed by atoms with E-state index in [4.69, 9.17) is 0 Å². The Morgan fingerprint density at radius 3 is 2.40 bits per heavy atom. The second-order valence-corrected chi connectivity index (χ2v) is 5.49. The molecule has 102 valence electrons. The average molecular weight is 332 g/mol. The van der Waals surface area contributed by atoms with E-state index in [2.05, 4.69) is 20.9 Å². The maximum absolute atomic E-state index is 12.5. The van der Waals surface area contributed by atoms with Gasteiger partial charge in [0, 0.05) is 17.2 Å². The summed E-state index contributed by atoms with van der Waals surface area (Å²) in [6.07, 6.45) is 1.75. The van der Waals surface area contributed by atoms with Crippen LogP contribution < -0.4 is 5.69 Å². The summed E-state index contributed by atoms with van der Waals surface area (Å²) < 4.78 is 4.49. The standard InChI is InChI=1S/C15H14BrN3O/c1-2-18-13-5-3-4-6-14(13)19(15(18)20)10-12-8-7-11(16)9-17-12/h3-9H,2,10H2,1H3. The van der Waals surface area contributed by atoms with Gasteiger partial charge in [0.1, 0.15) is 0 Å². The molecule has 0 N–H and O–H groups in total. The lowest BCUT2D eigenvalue weighted by atomic mass is 10.3. The highest BCUT2D eigenvalue weighted by atomic mass is 79.9. The summed E-state index contributed by atoms with van der Waals surface area (Å²) in [4.78, 5) is 16.8. The van der Waals surface area contributed by atoms with E-state index in [1.165, 1.54) is 0 Å². The van der Waals surface area contributed by atoms with Crippen molar-refractivity contribution in [1.82, 2.24) is 14.1 Å². The van der Waals surface area contributed by atoms with Crippen LogP contribution in [-0.2, 0) is 13.1 Å². The van der Waals surface area contributed by atoms with Crippen LogP contribution in [0.25, 0.3) is 11.0 Å². The van der Waals surface area contributed by atoms with Crippen LogP contribution in [0.15, 0.2) is 51.9 Å². The summed E-state index contributed by atoms with van der Waals surface area (Å²) in [5.74, 6) is 0. The molecule has 5 heteroatoms. The third-order valence-electron chi connectivity index (χ3n) is 3.35. The van der Waals surface area contributed by atoms with Gasteiger partial charge in [-0.3, -0.25) is 14.1 Å². The number of hydrogen-bond donors (Lipinski definition) is 0. The normalized spacial score (nSPS) is 11.1. The molecule has 3 aromatic rings. The van der Waals surface area contributed by atoms with Crippen LogP contribution in [0.3, 0.4) is 0 Å². The van der Waals surface area contributed by atoms with Gasteiger partial charge in [0.25, 0.3) is 0 Å². The van der Waals surface area contributed by atoms with E-state index in [-0.39, 0.29) is 5.69 Å². The van der Waals surface area contributed by atoms with Gasteiger partial charge in [-0.15, -0.1) is 0 Å². The monoisotopic (exact) mass is 331 g/mol. The Morgan fingerprint density at radius 2 is 1.80 bits per heavy atom. The van der Waals surface area contributed by atoms with Gasteiger partial charge in [-0.25, -0.2) is 4.79 Å². The SMILES string of the molecule is CCn1c(=O)n(Cc2ccc(Br)cn2)c2ccccc21. The molecule has 0 atom stereocenters. The number of hydrogen-bond acceptors (Lipinski definition) is 2.